The smallest absolute Gasteiger partial charge is 0.244 e. The molecule has 0 spiro atoms. The van der Waals surface area contributed by atoms with E-state index in [4.69, 9.17) is 9.47 Å². The van der Waals surface area contributed by atoms with Gasteiger partial charge in [0.2, 0.25) is 11.8 Å². The summed E-state index contributed by atoms with van der Waals surface area (Å²) in [5.41, 5.74) is 1.45. The van der Waals surface area contributed by atoms with E-state index >= 15 is 0 Å². The first-order valence-corrected chi connectivity index (χ1v) is 10.6. The van der Waals surface area contributed by atoms with Crippen molar-refractivity contribution >= 4 is 12.0 Å². The fraction of sp³-hybridized carbons (Fsp3) is 0.240. The molecule has 2 heterocycles. The quantitative estimate of drug-likeness (QED) is 0.503. The van der Waals surface area contributed by atoms with E-state index < -0.39 is 5.82 Å². The van der Waals surface area contributed by atoms with Crippen LogP contribution in [0.4, 0.5) is 4.39 Å². The van der Waals surface area contributed by atoms with Gasteiger partial charge in [-0.2, -0.15) is 0 Å². The lowest BCUT2D eigenvalue weighted by atomic mass is 10.2. The van der Waals surface area contributed by atoms with Crippen molar-refractivity contribution in [3.05, 3.63) is 84.1 Å². The minimum Gasteiger partial charge on any atom is -0.474 e. The van der Waals surface area contributed by atoms with Crippen LogP contribution in [-0.2, 0) is 11.3 Å². The number of pyridine rings is 2. The van der Waals surface area contributed by atoms with Crippen LogP contribution in [0.5, 0.6) is 17.4 Å². The lowest BCUT2D eigenvalue weighted by molar-refractivity contribution is -0.116. The summed E-state index contributed by atoms with van der Waals surface area (Å²) in [6.45, 7) is 0.346. The summed E-state index contributed by atoms with van der Waals surface area (Å²) in [6, 6.07) is 11.6. The molecule has 0 atom stereocenters. The van der Waals surface area contributed by atoms with Gasteiger partial charge in [-0.1, -0.05) is 6.07 Å². The fourth-order valence-corrected chi connectivity index (χ4v) is 3.46. The van der Waals surface area contributed by atoms with Crippen LogP contribution in [0.1, 0.15) is 36.8 Å². The number of hydrogen-bond acceptors (Lipinski definition) is 5. The molecule has 2 aromatic heterocycles. The third kappa shape index (κ3) is 6.14. The monoisotopic (exact) mass is 433 g/mol. The van der Waals surface area contributed by atoms with Gasteiger partial charge in [-0.3, -0.25) is 9.78 Å². The fourth-order valence-electron chi connectivity index (χ4n) is 3.46. The molecule has 0 radical (unpaired) electrons. The summed E-state index contributed by atoms with van der Waals surface area (Å²) < 4.78 is 25.7. The molecule has 0 saturated heterocycles. The number of halogens is 1. The summed E-state index contributed by atoms with van der Waals surface area (Å²) in [5, 5.41) is 2.81. The first-order valence-electron chi connectivity index (χ1n) is 10.6. The summed E-state index contributed by atoms with van der Waals surface area (Å²) in [5.74, 6) is 0.317. The molecule has 1 aromatic carbocycles. The van der Waals surface area contributed by atoms with Gasteiger partial charge in [-0.25, -0.2) is 9.37 Å². The van der Waals surface area contributed by atoms with Crippen LogP contribution in [-0.4, -0.2) is 22.0 Å². The molecule has 7 heteroatoms. The second-order valence-corrected chi connectivity index (χ2v) is 7.56. The first-order chi connectivity index (χ1) is 15.7. The Morgan fingerprint density at radius 1 is 1.16 bits per heavy atom. The molecule has 1 amide bonds. The number of carbonyl (C=O) groups is 1. The maximum atomic E-state index is 14.3. The molecule has 1 fully saturated rings. The van der Waals surface area contributed by atoms with Gasteiger partial charge >= 0.3 is 0 Å². The Hall–Kier alpha value is -3.74. The summed E-state index contributed by atoms with van der Waals surface area (Å²) in [4.78, 5) is 20.4. The zero-order valence-electron chi connectivity index (χ0n) is 17.5. The largest absolute Gasteiger partial charge is 0.474 e. The van der Waals surface area contributed by atoms with Gasteiger partial charge in [0.05, 0.1) is 6.20 Å². The number of hydrogen-bond donors (Lipinski definition) is 1. The van der Waals surface area contributed by atoms with Crippen LogP contribution in [0.25, 0.3) is 6.08 Å². The van der Waals surface area contributed by atoms with E-state index in [-0.39, 0.29) is 17.8 Å². The van der Waals surface area contributed by atoms with E-state index in [9.17, 15) is 9.18 Å². The lowest BCUT2D eigenvalue weighted by Crippen LogP contribution is -2.20. The summed E-state index contributed by atoms with van der Waals surface area (Å²) in [6.07, 6.45) is 12.4. The molecule has 1 N–H and O–H groups in total. The van der Waals surface area contributed by atoms with Crippen molar-refractivity contribution in [1.82, 2.24) is 15.3 Å². The number of benzene rings is 1. The van der Waals surface area contributed by atoms with Gasteiger partial charge in [0.25, 0.3) is 0 Å². The van der Waals surface area contributed by atoms with Gasteiger partial charge < -0.3 is 14.8 Å². The molecular formula is C25H24FN3O3. The maximum absolute atomic E-state index is 14.3. The van der Waals surface area contributed by atoms with Gasteiger partial charge in [-0.15, -0.1) is 0 Å². The Morgan fingerprint density at radius 2 is 2.03 bits per heavy atom. The molecule has 1 aliphatic rings. The minimum absolute atomic E-state index is 0.0907. The Bertz CT molecular complexity index is 1080. The van der Waals surface area contributed by atoms with Crippen LogP contribution < -0.4 is 14.8 Å². The first kappa shape index (κ1) is 21.5. The van der Waals surface area contributed by atoms with Crippen molar-refractivity contribution in [2.24, 2.45) is 0 Å². The molecule has 1 saturated carbocycles. The average molecular weight is 433 g/mol. The Kier molecular flexibility index (Phi) is 7.07. The minimum atomic E-state index is -0.525. The SMILES string of the molecule is O=C(/C=C/c1ccc(Oc2cccnc2)c(F)c1)NCc1ccnc(OC2CCCC2)c1. The lowest BCUT2D eigenvalue weighted by Gasteiger charge is -2.12. The van der Waals surface area contributed by atoms with Gasteiger partial charge in [-0.05, 0) is 73.2 Å². The predicted octanol–water partition coefficient (Wildman–Crippen LogP) is 5.06. The van der Waals surface area contributed by atoms with E-state index in [0.717, 1.165) is 18.4 Å². The molecule has 0 unspecified atom stereocenters. The van der Waals surface area contributed by atoms with Crippen LogP contribution in [0.3, 0.4) is 0 Å². The topological polar surface area (TPSA) is 73.3 Å². The summed E-state index contributed by atoms with van der Waals surface area (Å²) in [7, 11) is 0. The molecule has 0 aliphatic heterocycles. The number of amides is 1. The van der Waals surface area contributed by atoms with Crippen molar-refractivity contribution in [1.29, 1.82) is 0 Å². The molecule has 164 valence electrons. The number of carbonyl (C=O) groups excluding carboxylic acids is 1. The highest BCUT2D eigenvalue weighted by molar-refractivity contribution is 5.91. The van der Waals surface area contributed by atoms with Gasteiger partial charge in [0, 0.05) is 31.1 Å². The van der Waals surface area contributed by atoms with E-state index in [1.807, 2.05) is 12.1 Å². The maximum Gasteiger partial charge on any atom is 0.244 e. The number of nitrogens with zero attached hydrogens (tertiary/aromatic N) is 2. The highest BCUT2D eigenvalue weighted by Gasteiger charge is 2.17. The van der Waals surface area contributed by atoms with Crippen molar-refractivity contribution in [2.45, 2.75) is 38.3 Å². The van der Waals surface area contributed by atoms with Crippen molar-refractivity contribution in [2.75, 3.05) is 0 Å². The summed E-state index contributed by atoms with van der Waals surface area (Å²) >= 11 is 0. The highest BCUT2D eigenvalue weighted by Crippen LogP contribution is 2.25. The predicted molar refractivity (Wildman–Crippen MR) is 119 cm³/mol. The second kappa shape index (κ2) is 10.5. The van der Waals surface area contributed by atoms with Crippen LogP contribution >= 0.6 is 0 Å². The number of aromatic nitrogens is 2. The third-order valence-electron chi connectivity index (χ3n) is 5.10. The van der Waals surface area contributed by atoms with Gasteiger partial charge in [0.1, 0.15) is 11.9 Å². The van der Waals surface area contributed by atoms with Crippen molar-refractivity contribution < 1.29 is 18.7 Å². The number of nitrogens with one attached hydrogen (secondary N) is 1. The number of ether oxygens (including phenoxy) is 2. The van der Waals surface area contributed by atoms with E-state index in [0.29, 0.717) is 23.7 Å². The standard InChI is InChI=1S/C25H24FN3O3/c26-22-14-18(7-9-23(22)31-21-6-3-12-27-17-21)8-10-24(30)29-16-19-11-13-28-25(15-19)32-20-4-1-2-5-20/h3,6-15,17,20H,1-2,4-5,16H2,(H,29,30)/b10-8+. The molecule has 1 aliphatic carbocycles. The highest BCUT2D eigenvalue weighted by atomic mass is 19.1. The van der Waals surface area contributed by atoms with Crippen molar-refractivity contribution in [3.63, 3.8) is 0 Å². The molecular weight excluding hydrogens is 409 g/mol. The van der Waals surface area contributed by atoms with E-state index in [1.54, 1.807) is 36.7 Å². The Balaban J connectivity index is 1.29. The molecule has 6 nitrogen and oxygen atoms in total. The second-order valence-electron chi connectivity index (χ2n) is 7.56. The zero-order valence-corrected chi connectivity index (χ0v) is 17.5. The van der Waals surface area contributed by atoms with Crippen LogP contribution in [0.2, 0.25) is 0 Å². The van der Waals surface area contributed by atoms with E-state index in [2.05, 4.69) is 15.3 Å². The average Bonchev–Trinajstić information content (AvgIpc) is 3.32. The normalized spacial score (nSPS) is 13.9. The van der Waals surface area contributed by atoms with Crippen LogP contribution in [0.15, 0.2) is 67.1 Å². The van der Waals surface area contributed by atoms with Gasteiger partial charge in [0.15, 0.2) is 11.6 Å². The number of rotatable bonds is 8. The van der Waals surface area contributed by atoms with Crippen LogP contribution in [0, 0.1) is 5.82 Å². The third-order valence-corrected chi connectivity index (χ3v) is 5.10. The molecule has 0 bridgehead atoms. The zero-order chi connectivity index (χ0) is 22.2. The van der Waals surface area contributed by atoms with Crippen molar-refractivity contribution in [3.8, 4) is 17.4 Å². The van der Waals surface area contributed by atoms with E-state index in [1.165, 1.54) is 37.2 Å². The molecule has 4 rings (SSSR count). The Morgan fingerprint density at radius 3 is 2.81 bits per heavy atom. The molecule has 32 heavy (non-hydrogen) atoms. The Labute approximate surface area is 186 Å². The molecule has 3 aromatic rings.